The molecular formula is C31H30N2O5S. The van der Waals surface area contributed by atoms with Crippen LogP contribution in [0.25, 0.3) is 16.0 Å². The summed E-state index contributed by atoms with van der Waals surface area (Å²) in [5.74, 6) is -0.632. The summed E-state index contributed by atoms with van der Waals surface area (Å²) in [5.41, 5.74) is 3.86. The Kier molecular flexibility index (Phi) is 7.39. The van der Waals surface area contributed by atoms with Gasteiger partial charge in [0.25, 0.3) is 5.78 Å². The van der Waals surface area contributed by atoms with E-state index >= 15 is 0 Å². The molecule has 1 atom stereocenters. The highest BCUT2D eigenvalue weighted by atomic mass is 32.1. The Hall–Kier alpha value is -4.17. The Morgan fingerprint density at radius 2 is 1.82 bits per heavy atom. The summed E-state index contributed by atoms with van der Waals surface area (Å²) in [7, 11) is 1.55. The lowest BCUT2D eigenvalue weighted by Crippen LogP contribution is -2.29. The zero-order chi connectivity index (χ0) is 27.7. The molecule has 0 saturated carbocycles. The molecule has 5 rings (SSSR count). The fraction of sp³-hybridized carbons (Fsp3) is 0.258. The van der Waals surface area contributed by atoms with Crippen LogP contribution in [-0.4, -0.2) is 35.5 Å². The Bertz CT molecular complexity index is 1610. The van der Waals surface area contributed by atoms with Crippen molar-refractivity contribution in [2.24, 2.45) is 0 Å². The van der Waals surface area contributed by atoms with Crippen molar-refractivity contribution < 1.29 is 24.2 Å². The number of hydrogen-bond donors (Lipinski definition) is 1. The van der Waals surface area contributed by atoms with E-state index in [1.54, 1.807) is 49.6 Å². The van der Waals surface area contributed by atoms with Gasteiger partial charge in [-0.05, 0) is 67.3 Å². The maximum Gasteiger partial charge on any atom is 0.301 e. The number of thiazole rings is 1. The summed E-state index contributed by atoms with van der Waals surface area (Å²) in [6.07, 6.45) is 1.90. The number of aryl methyl sites for hydroxylation is 2. The smallest absolute Gasteiger partial charge is 0.301 e. The molecule has 1 fully saturated rings. The highest BCUT2D eigenvalue weighted by molar-refractivity contribution is 7.22. The van der Waals surface area contributed by atoms with Gasteiger partial charge in [0, 0.05) is 5.56 Å². The third kappa shape index (κ3) is 5.00. The number of Topliss-reactive ketones (excluding diaryl/α,β-unsaturated/α-hetero) is 1. The number of methoxy groups -OCH3 is 1. The normalized spacial score (nSPS) is 16.7. The van der Waals surface area contributed by atoms with E-state index in [2.05, 4.69) is 6.92 Å². The molecule has 0 radical (unpaired) electrons. The number of nitrogens with zero attached hydrogens (tertiary/aromatic N) is 2. The van der Waals surface area contributed by atoms with E-state index in [1.165, 1.54) is 16.2 Å². The van der Waals surface area contributed by atoms with Crippen molar-refractivity contribution in [1.29, 1.82) is 0 Å². The molecule has 1 aliphatic rings. The van der Waals surface area contributed by atoms with Crippen molar-refractivity contribution >= 4 is 44.1 Å². The van der Waals surface area contributed by atoms with Gasteiger partial charge >= 0.3 is 5.91 Å². The lowest BCUT2D eigenvalue weighted by molar-refractivity contribution is -0.132. The number of aromatic nitrogens is 1. The summed E-state index contributed by atoms with van der Waals surface area (Å²) in [5, 5.41) is 11.9. The van der Waals surface area contributed by atoms with Crippen molar-refractivity contribution in [2.75, 3.05) is 18.6 Å². The number of anilines is 1. The lowest BCUT2D eigenvalue weighted by atomic mass is 9.95. The van der Waals surface area contributed by atoms with E-state index in [0.717, 1.165) is 34.2 Å². The van der Waals surface area contributed by atoms with Crippen LogP contribution in [0.15, 0.2) is 66.2 Å². The molecule has 0 spiro atoms. The van der Waals surface area contributed by atoms with Crippen molar-refractivity contribution in [1.82, 2.24) is 4.98 Å². The number of unbranched alkanes of at least 4 members (excludes halogenated alkanes) is 1. The molecule has 1 saturated heterocycles. The number of rotatable bonds is 8. The third-order valence-corrected chi connectivity index (χ3v) is 7.75. The summed E-state index contributed by atoms with van der Waals surface area (Å²) in [6.45, 7) is 6.61. The van der Waals surface area contributed by atoms with Gasteiger partial charge in [-0.25, -0.2) is 4.98 Å². The van der Waals surface area contributed by atoms with E-state index in [4.69, 9.17) is 14.5 Å². The fourth-order valence-electron chi connectivity index (χ4n) is 4.84. The molecule has 3 aromatic carbocycles. The van der Waals surface area contributed by atoms with Crippen molar-refractivity contribution in [3.05, 3.63) is 88.5 Å². The highest BCUT2D eigenvalue weighted by Crippen LogP contribution is 2.45. The summed E-state index contributed by atoms with van der Waals surface area (Å²) in [4.78, 5) is 33.4. The van der Waals surface area contributed by atoms with Crippen LogP contribution in [0.1, 0.15) is 48.1 Å². The molecule has 2 heterocycles. The van der Waals surface area contributed by atoms with Gasteiger partial charge in [0.1, 0.15) is 17.3 Å². The van der Waals surface area contributed by atoms with Gasteiger partial charge < -0.3 is 14.6 Å². The topological polar surface area (TPSA) is 89.0 Å². The lowest BCUT2D eigenvalue weighted by Gasteiger charge is -2.23. The number of ketones is 1. The molecule has 1 aliphatic heterocycles. The maximum absolute atomic E-state index is 13.6. The first-order chi connectivity index (χ1) is 18.8. The van der Waals surface area contributed by atoms with Crippen LogP contribution in [0.3, 0.4) is 0 Å². The Balaban J connectivity index is 1.68. The van der Waals surface area contributed by atoms with E-state index < -0.39 is 17.7 Å². The first-order valence-corrected chi connectivity index (χ1v) is 13.7. The Labute approximate surface area is 231 Å². The average molecular weight is 543 g/mol. The summed E-state index contributed by atoms with van der Waals surface area (Å²) < 4.78 is 12.2. The third-order valence-electron chi connectivity index (χ3n) is 6.75. The minimum atomic E-state index is -0.897. The molecule has 200 valence electrons. The second-order valence-electron chi connectivity index (χ2n) is 9.60. The standard InChI is InChI=1S/C31H30N2O5S/c1-5-6-13-38-23-12-8-10-21(17-23)28(34)25-27(20-9-7-11-22(16-20)37-4)33(30(36)29(25)35)31-32-26-19(3)14-18(2)15-24(26)39-31/h7-12,14-17,27,34H,5-6,13H2,1-4H3. The van der Waals surface area contributed by atoms with Crippen molar-refractivity contribution in [2.45, 2.75) is 39.7 Å². The van der Waals surface area contributed by atoms with Crippen LogP contribution >= 0.6 is 11.3 Å². The number of carbonyl (C=O) groups excluding carboxylic acids is 2. The van der Waals surface area contributed by atoms with Gasteiger partial charge in [0.05, 0.1) is 35.5 Å². The first kappa shape index (κ1) is 26.4. The minimum Gasteiger partial charge on any atom is -0.507 e. The SMILES string of the molecule is CCCCOc1cccc(C(O)=C2C(=O)C(=O)N(c3nc4c(C)cc(C)cc4s3)C2c2cccc(OC)c2)c1. The number of ether oxygens (including phenoxy) is 2. The van der Waals surface area contributed by atoms with Crippen LogP contribution in [-0.2, 0) is 9.59 Å². The molecule has 7 nitrogen and oxygen atoms in total. The number of benzene rings is 3. The van der Waals surface area contributed by atoms with Crippen LogP contribution in [0.5, 0.6) is 11.5 Å². The molecule has 39 heavy (non-hydrogen) atoms. The molecule has 0 aliphatic carbocycles. The maximum atomic E-state index is 13.6. The van der Waals surface area contributed by atoms with E-state index in [0.29, 0.717) is 34.4 Å². The first-order valence-electron chi connectivity index (χ1n) is 12.9. The molecule has 1 N–H and O–H groups in total. The van der Waals surface area contributed by atoms with Crippen LogP contribution in [0.4, 0.5) is 5.13 Å². The largest absolute Gasteiger partial charge is 0.507 e. The molecular weight excluding hydrogens is 512 g/mol. The highest BCUT2D eigenvalue weighted by Gasteiger charge is 2.48. The molecule has 1 aromatic heterocycles. The number of hydrogen-bond acceptors (Lipinski definition) is 7. The average Bonchev–Trinajstić information content (AvgIpc) is 3.47. The summed E-state index contributed by atoms with van der Waals surface area (Å²) in [6, 6.07) is 17.3. The van der Waals surface area contributed by atoms with Crippen LogP contribution in [0.2, 0.25) is 0 Å². The van der Waals surface area contributed by atoms with Gasteiger partial charge in [0.15, 0.2) is 5.13 Å². The van der Waals surface area contributed by atoms with E-state index in [-0.39, 0.29) is 11.3 Å². The minimum absolute atomic E-state index is 0.00822. The second kappa shape index (κ2) is 10.9. The fourth-order valence-corrected chi connectivity index (χ4v) is 6.01. The number of fused-ring (bicyclic) bond motifs is 1. The van der Waals surface area contributed by atoms with Gasteiger partial charge in [-0.2, -0.15) is 0 Å². The predicted octanol–water partition coefficient (Wildman–Crippen LogP) is 6.73. The van der Waals surface area contributed by atoms with Gasteiger partial charge in [-0.1, -0.05) is 55.0 Å². The number of aliphatic hydroxyl groups is 1. The Morgan fingerprint density at radius 3 is 2.59 bits per heavy atom. The number of aliphatic hydroxyl groups excluding tert-OH is 1. The van der Waals surface area contributed by atoms with Crippen molar-refractivity contribution in [3.8, 4) is 11.5 Å². The van der Waals surface area contributed by atoms with Gasteiger partial charge in [-0.3, -0.25) is 14.5 Å². The molecule has 1 amide bonds. The predicted molar refractivity (Wildman–Crippen MR) is 154 cm³/mol. The van der Waals surface area contributed by atoms with Crippen LogP contribution < -0.4 is 14.4 Å². The van der Waals surface area contributed by atoms with Gasteiger partial charge in [0.2, 0.25) is 0 Å². The monoisotopic (exact) mass is 542 g/mol. The van der Waals surface area contributed by atoms with E-state index in [9.17, 15) is 14.7 Å². The van der Waals surface area contributed by atoms with Crippen LogP contribution in [0, 0.1) is 13.8 Å². The number of carbonyl (C=O) groups is 2. The Morgan fingerprint density at radius 1 is 1.05 bits per heavy atom. The van der Waals surface area contributed by atoms with Gasteiger partial charge in [-0.15, -0.1) is 0 Å². The molecule has 0 bridgehead atoms. The second-order valence-corrected chi connectivity index (χ2v) is 10.6. The van der Waals surface area contributed by atoms with E-state index in [1.807, 2.05) is 32.0 Å². The molecule has 1 unspecified atom stereocenters. The molecule has 4 aromatic rings. The number of amides is 1. The summed E-state index contributed by atoms with van der Waals surface area (Å²) >= 11 is 1.35. The molecule has 8 heteroatoms. The zero-order valence-corrected chi connectivity index (χ0v) is 23.2. The van der Waals surface area contributed by atoms with Crippen molar-refractivity contribution in [3.63, 3.8) is 0 Å². The quantitative estimate of drug-likeness (QED) is 0.115. The zero-order valence-electron chi connectivity index (χ0n) is 22.4.